The lowest BCUT2D eigenvalue weighted by molar-refractivity contribution is -0.188. The van der Waals surface area contributed by atoms with Gasteiger partial charge in [0.25, 0.3) is 0 Å². The SMILES string of the molecule is CCCCOC1C2OC(C)(C)O[C@@H]2C[C@H]2OC(C)(C)OC12. The lowest BCUT2D eigenvalue weighted by atomic mass is 9.87. The molecule has 3 aliphatic rings. The summed E-state index contributed by atoms with van der Waals surface area (Å²) in [7, 11) is 0. The summed E-state index contributed by atoms with van der Waals surface area (Å²) in [6.07, 6.45) is 2.72. The van der Waals surface area contributed by atoms with Gasteiger partial charge in [-0.3, -0.25) is 0 Å². The minimum absolute atomic E-state index is 0.0189. The molecule has 1 aliphatic carbocycles. The Morgan fingerprint density at radius 2 is 1.43 bits per heavy atom. The van der Waals surface area contributed by atoms with Gasteiger partial charge < -0.3 is 23.7 Å². The van der Waals surface area contributed by atoms with Crippen molar-refractivity contribution < 1.29 is 23.7 Å². The van der Waals surface area contributed by atoms with Gasteiger partial charge in [-0.05, 0) is 34.1 Å². The van der Waals surface area contributed by atoms with Crippen molar-refractivity contribution in [3.8, 4) is 0 Å². The van der Waals surface area contributed by atoms with Crippen molar-refractivity contribution in [2.45, 2.75) is 96.0 Å². The highest BCUT2D eigenvalue weighted by Gasteiger charge is 2.59. The fourth-order valence-corrected chi connectivity index (χ4v) is 3.62. The van der Waals surface area contributed by atoms with Gasteiger partial charge >= 0.3 is 0 Å². The highest BCUT2D eigenvalue weighted by atomic mass is 16.8. The molecule has 0 bridgehead atoms. The van der Waals surface area contributed by atoms with Crippen LogP contribution in [0.25, 0.3) is 0 Å². The normalized spacial score (nSPS) is 43.6. The topological polar surface area (TPSA) is 46.2 Å². The van der Waals surface area contributed by atoms with Gasteiger partial charge in [-0.2, -0.15) is 0 Å². The second-order valence-corrected chi connectivity index (χ2v) is 7.20. The first-order valence-electron chi connectivity index (χ1n) is 8.14. The van der Waals surface area contributed by atoms with Gasteiger partial charge in [-0.25, -0.2) is 0 Å². The maximum Gasteiger partial charge on any atom is 0.163 e. The van der Waals surface area contributed by atoms with Gasteiger partial charge in [0.05, 0.1) is 12.2 Å². The smallest absolute Gasteiger partial charge is 0.163 e. The Balaban J connectivity index is 1.77. The highest BCUT2D eigenvalue weighted by Crippen LogP contribution is 2.44. The zero-order valence-electron chi connectivity index (χ0n) is 13.8. The lowest BCUT2D eigenvalue weighted by Gasteiger charge is -2.37. The average Bonchev–Trinajstić information content (AvgIpc) is 2.82. The van der Waals surface area contributed by atoms with E-state index in [1.165, 1.54) is 0 Å². The van der Waals surface area contributed by atoms with Gasteiger partial charge in [0.1, 0.15) is 18.3 Å². The zero-order valence-corrected chi connectivity index (χ0v) is 13.8. The van der Waals surface area contributed by atoms with Crippen LogP contribution in [0.4, 0.5) is 0 Å². The molecule has 5 heteroatoms. The van der Waals surface area contributed by atoms with E-state index in [-0.39, 0.29) is 30.5 Å². The Kier molecular flexibility index (Phi) is 4.08. The van der Waals surface area contributed by atoms with E-state index in [9.17, 15) is 0 Å². The van der Waals surface area contributed by atoms with Gasteiger partial charge in [0.2, 0.25) is 0 Å². The summed E-state index contributed by atoms with van der Waals surface area (Å²) in [4.78, 5) is 0. The van der Waals surface area contributed by atoms with E-state index in [0.717, 1.165) is 25.9 Å². The van der Waals surface area contributed by atoms with Crippen LogP contribution in [0.2, 0.25) is 0 Å². The molecule has 0 aromatic carbocycles. The first-order chi connectivity index (χ1) is 9.81. The van der Waals surface area contributed by atoms with Crippen molar-refractivity contribution in [3.05, 3.63) is 0 Å². The van der Waals surface area contributed by atoms with E-state index in [0.29, 0.717) is 0 Å². The van der Waals surface area contributed by atoms with Gasteiger partial charge in [-0.1, -0.05) is 13.3 Å². The predicted molar refractivity (Wildman–Crippen MR) is 76.9 cm³/mol. The summed E-state index contributed by atoms with van der Waals surface area (Å²) in [5.41, 5.74) is 0. The van der Waals surface area contributed by atoms with Crippen molar-refractivity contribution in [2.24, 2.45) is 0 Å². The van der Waals surface area contributed by atoms with Crippen molar-refractivity contribution in [2.75, 3.05) is 6.61 Å². The van der Waals surface area contributed by atoms with Gasteiger partial charge in [0.15, 0.2) is 11.6 Å². The number of hydrogen-bond acceptors (Lipinski definition) is 5. The molecule has 2 saturated heterocycles. The van der Waals surface area contributed by atoms with E-state index >= 15 is 0 Å². The highest BCUT2D eigenvalue weighted by molar-refractivity contribution is 5.03. The number of rotatable bonds is 4. The Labute approximate surface area is 127 Å². The maximum absolute atomic E-state index is 6.13. The molecule has 5 nitrogen and oxygen atoms in total. The third-order valence-electron chi connectivity index (χ3n) is 4.36. The monoisotopic (exact) mass is 300 g/mol. The standard InChI is InChI=1S/C16H28O5/c1-6-7-8-17-14-12-10(18-15(2,3)20-12)9-11-13(14)21-16(4,5)19-11/h10-14H,6-9H2,1-5H3/t10-,11-,12?,13?,14?/m1/s1. The van der Waals surface area contributed by atoms with Crippen LogP contribution in [0.1, 0.15) is 53.9 Å². The minimum atomic E-state index is -0.560. The van der Waals surface area contributed by atoms with E-state index in [1.807, 2.05) is 27.7 Å². The zero-order chi connectivity index (χ0) is 15.3. The third-order valence-corrected chi connectivity index (χ3v) is 4.36. The number of unbranched alkanes of at least 4 members (excludes halogenated alkanes) is 1. The van der Waals surface area contributed by atoms with Crippen molar-refractivity contribution >= 4 is 0 Å². The number of fused-ring (bicyclic) bond motifs is 2. The summed E-state index contributed by atoms with van der Waals surface area (Å²) in [6, 6.07) is 0. The molecular formula is C16H28O5. The summed E-state index contributed by atoms with van der Waals surface area (Å²) < 4.78 is 30.4. The molecule has 0 aromatic heterocycles. The van der Waals surface area contributed by atoms with Crippen LogP contribution in [0.5, 0.6) is 0 Å². The molecule has 2 unspecified atom stereocenters. The van der Waals surface area contributed by atoms with E-state index < -0.39 is 11.6 Å². The average molecular weight is 300 g/mol. The molecule has 0 spiro atoms. The van der Waals surface area contributed by atoms with Crippen LogP contribution in [-0.2, 0) is 23.7 Å². The summed E-state index contributed by atoms with van der Waals surface area (Å²) in [6.45, 7) is 10.7. The lowest BCUT2D eigenvalue weighted by Crippen LogP contribution is -2.54. The van der Waals surface area contributed by atoms with Gasteiger partial charge in [0, 0.05) is 13.0 Å². The van der Waals surface area contributed by atoms with Gasteiger partial charge in [-0.15, -0.1) is 0 Å². The quantitative estimate of drug-likeness (QED) is 0.747. The summed E-state index contributed by atoms with van der Waals surface area (Å²) in [5.74, 6) is -1.12. The van der Waals surface area contributed by atoms with E-state index in [4.69, 9.17) is 23.7 Å². The fourth-order valence-electron chi connectivity index (χ4n) is 3.62. The van der Waals surface area contributed by atoms with Crippen LogP contribution < -0.4 is 0 Å². The van der Waals surface area contributed by atoms with Crippen molar-refractivity contribution in [1.82, 2.24) is 0 Å². The molecule has 4 atom stereocenters. The molecule has 21 heavy (non-hydrogen) atoms. The largest absolute Gasteiger partial charge is 0.373 e. The van der Waals surface area contributed by atoms with Crippen molar-refractivity contribution in [1.29, 1.82) is 0 Å². The molecule has 122 valence electrons. The molecule has 0 N–H and O–H groups in total. The second-order valence-electron chi connectivity index (χ2n) is 7.20. The van der Waals surface area contributed by atoms with Crippen LogP contribution in [0.3, 0.4) is 0 Å². The molecule has 1 saturated carbocycles. The molecule has 3 rings (SSSR count). The van der Waals surface area contributed by atoms with Crippen LogP contribution >= 0.6 is 0 Å². The molecule has 0 amide bonds. The number of hydrogen-bond donors (Lipinski definition) is 0. The Bertz CT molecular complexity index is 351. The fraction of sp³-hybridized carbons (Fsp3) is 1.00. The second kappa shape index (κ2) is 5.46. The van der Waals surface area contributed by atoms with Crippen LogP contribution in [0, 0.1) is 0 Å². The molecule has 2 heterocycles. The maximum atomic E-state index is 6.13. The Hall–Kier alpha value is -0.200. The van der Waals surface area contributed by atoms with E-state index in [2.05, 4.69) is 6.92 Å². The third kappa shape index (κ3) is 3.13. The molecule has 0 radical (unpaired) electrons. The first kappa shape index (κ1) is 15.7. The predicted octanol–water partition coefficient (Wildman–Crippen LogP) is 2.62. The van der Waals surface area contributed by atoms with Crippen molar-refractivity contribution in [3.63, 3.8) is 0 Å². The molecule has 0 aromatic rings. The minimum Gasteiger partial charge on any atom is -0.373 e. The first-order valence-corrected chi connectivity index (χ1v) is 8.14. The number of ether oxygens (including phenoxy) is 5. The molecule has 2 aliphatic heterocycles. The Morgan fingerprint density at radius 1 is 0.905 bits per heavy atom. The Morgan fingerprint density at radius 3 is 1.90 bits per heavy atom. The summed E-state index contributed by atoms with van der Waals surface area (Å²) in [5, 5.41) is 0. The van der Waals surface area contributed by atoms with E-state index in [1.54, 1.807) is 0 Å². The summed E-state index contributed by atoms with van der Waals surface area (Å²) >= 11 is 0. The molecule has 3 fully saturated rings. The van der Waals surface area contributed by atoms with Crippen LogP contribution in [0.15, 0.2) is 0 Å². The van der Waals surface area contributed by atoms with Crippen LogP contribution in [-0.4, -0.2) is 48.7 Å². The molecular weight excluding hydrogens is 272 g/mol.